The molecule has 0 aromatic heterocycles. The van der Waals surface area contributed by atoms with Gasteiger partial charge in [0, 0.05) is 11.6 Å². The van der Waals surface area contributed by atoms with Gasteiger partial charge in [-0.2, -0.15) is 0 Å². The second-order valence-corrected chi connectivity index (χ2v) is 2.95. The van der Waals surface area contributed by atoms with E-state index in [9.17, 15) is 14.0 Å². The summed E-state index contributed by atoms with van der Waals surface area (Å²) in [6.45, 7) is 1.94. The van der Waals surface area contributed by atoms with Gasteiger partial charge in [0.2, 0.25) is 0 Å². The van der Waals surface area contributed by atoms with Gasteiger partial charge in [0.1, 0.15) is 5.82 Å². The molecule has 0 unspecified atom stereocenters. The molecule has 1 aromatic rings. The van der Waals surface area contributed by atoms with Crippen molar-refractivity contribution in [3.05, 3.63) is 41.2 Å². The van der Waals surface area contributed by atoms with Crippen molar-refractivity contribution in [1.82, 2.24) is 0 Å². The first-order valence-electron chi connectivity index (χ1n) is 4.77. The van der Waals surface area contributed by atoms with Crippen molar-refractivity contribution in [3.63, 3.8) is 0 Å². The molecule has 3 nitrogen and oxygen atoms in total. The molecule has 0 fully saturated rings. The molecule has 0 atom stereocenters. The number of hydrogen-bond acceptors (Lipinski definition) is 3. The van der Waals surface area contributed by atoms with Crippen LogP contribution in [-0.4, -0.2) is 18.9 Å². The third-order valence-electron chi connectivity index (χ3n) is 1.87. The average Bonchev–Trinajstić information content (AvgIpc) is 2.28. The highest BCUT2D eigenvalue weighted by atomic mass is 19.1. The Balaban J connectivity index is 2.89. The van der Waals surface area contributed by atoms with Crippen molar-refractivity contribution in [2.75, 3.05) is 6.61 Å². The van der Waals surface area contributed by atoms with Crippen LogP contribution in [0.5, 0.6) is 0 Å². The van der Waals surface area contributed by atoms with Crippen molar-refractivity contribution in [3.8, 4) is 0 Å². The number of aldehydes is 1. The second kappa shape index (κ2) is 5.80. The van der Waals surface area contributed by atoms with Crippen molar-refractivity contribution in [1.29, 1.82) is 0 Å². The molecule has 1 aromatic carbocycles. The topological polar surface area (TPSA) is 43.4 Å². The minimum atomic E-state index is -0.641. The van der Waals surface area contributed by atoms with Crippen LogP contribution < -0.4 is 0 Å². The molecule has 0 amide bonds. The van der Waals surface area contributed by atoms with E-state index in [4.69, 9.17) is 0 Å². The third kappa shape index (κ3) is 3.02. The van der Waals surface area contributed by atoms with Crippen LogP contribution in [0.25, 0.3) is 6.08 Å². The molecule has 0 N–H and O–H groups in total. The molecular formula is C12H11FO3. The first-order chi connectivity index (χ1) is 7.69. The number of halogens is 1. The quantitative estimate of drug-likeness (QED) is 0.445. The molecule has 16 heavy (non-hydrogen) atoms. The molecule has 84 valence electrons. The lowest BCUT2D eigenvalue weighted by Gasteiger charge is -1.99. The minimum Gasteiger partial charge on any atom is -0.463 e. The normalized spacial score (nSPS) is 10.4. The van der Waals surface area contributed by atoms with Gasteiger partial charge in [0.25, 0.3) is 0 Å². The zero-order valence-electron chi connectivity index (χ0n) is 8.77. The SMILES string of the molecule is CCOC(=O)C=Cc1cccc(C=O)c1F. The number of hydrogen-bond donors (Lipinski definition) is 0. The predicted molar refractivity (Wildman–Crippen MR) is 57.5 cm³/mol. The lowest BCUT2D eigenvalue weighted by molar-refractivity contribution is -0.137. The predicted octanol–water partition coefficient (Wildman–Crippen LogP) is 2.21. The van der Waals surface area contributed by atoms with E-state index in [1.165, 1.54) is 24.3 Å². The van der Waals surface area contributed by atoms with Crippen LogP contribution in [0.1, 0.15) is 22.8 Å². The van der Waals surface area contributed by atoms with Gasteiger partial charge < -0.3 is 4.74 Å². The average molecular weight is 222 g/mol. The maximum atomic E-state index is 13.5. The van der Waals surface area contributed by atoms with Crippen LogP contribution in [0.3, 0.4) is 0 Å². The fourth-order valence-corrected chi connectivity index (χ4v) is 1.14. The number of carbonyl (C=O) groups excluding carboxylic acids is 2. The van der Waals surface area contributed by atoms with Gasteiger partial charge in [-0.05, 0) is 19.1 Å². The second-order valence-electron chi connectivity index (χ2n) is 2.95. The molecule has 0 radical (unpaired) electrons. The Kier molecular flexibility index (Phi) is 4.39. The number of ether oxygens (including phenoxy) is 1. The van der Waals surface area contributed by atoms with E-state index in [-0.39, 0.29) is 17.7 Å². The number of esters is 1. The Labute approximate surface area is 92.5 Å². The van der Waals surface area contributed by atoms with E-state index in [0.717, 1.165) is 6.08 Å². The summed E-state index contributed by atoms with van der Waals surface area (Å²) < 4.78 is 18.1. The lowest BCUT2D eigenvalue weighted by atomic mass is 10.1. The minimum absolute atomic E-state index is 0.0361. The Morgan fingerprint density at radius 2 is 2.12 bits per heavy atom. The molecule has 0 bridgehead atoms. The first kappa shape index (κ1) is 12.1. The Morgan fingerprint density at radius 3 is 2.75 bits per heavy atom. The Morgan fingerprint density at radius 1 is 1.44 bits per heavy atom. The summed E-state index contributed by atoms with van der Waals surface area (Å²) in [5.74, 6) is -1.18. The summed E-state index contributed by atoms with van der Waals surface area (Å²) in [7, 11) is 0. The van der Waals surface area contributed by atoms with Gasteiger partial charge in [-0.15, -0.1) is 0 Å². The van der Waals surface area contributed by atoms with Crippen LogP contribution in [0.2, 0.25) is 0 Å². The summed E-state index contributed by atoms with van der Waals surface area (Å²) >= 11 is 0. The van der Waals surface area contributed by atoms with Gasteiger partial charge in [-0.3, -0.25) is 4.79 Å². The van der Waals surface area contributed by atoms with Gasteiger partial charge in [0.05, 0.1) is 12.2 Å². The summed E-state index contributed by atoms with van der Waals surface area (Å²) in [6, 6.07) is 4.37. The summed E-state index contributed by atoms with van der Waals surface area (Å²) in [5.41, 5.74) is 0.142. The van der Waals surface area contributed by atoms with Crippen molar-refractivity contribution < 1.29 is 18.7 Å². The van der Waals surface area contributed by atoms with Crippen molar-refractivity contribution >= 4 is 18.3 Å². The van der Waals surface area contributed by atoms with Crippen molar-refractivity contribution in [2.24, 2.45) is 0 Å². The monoisotopic (exact) mass is 222 g/mol. The molecule has 0 aliphatic heterocycles. The molecule has 1 rings (SSSR count). The first-order valence-corrected chi connectivity index (χ1v) is 4.77. The molecule has 0 saturated carbocycles. The van der Waals surface area contributed by atoms with E-state index in [1.807, 2.05) is 0 Å². The maximum absolute atomic E-state index is 13.5. The van der Waals surface area contributed by atoms with E-state index in [2.05, 4.69) is 4.74 Å². The molecule has 0 aliphatic rings. The molecule has 0 aliphatic carbocycles. The fraction of sp³-hybridized carbons (Fsp3) is 0.167. The fourth-order valence-electron chi connectivity index (χ4n) is 1.14. The number of carbonyl (C=O) groups is 2. The van der Waals surface area contributed by atoms with Gasteiger partial charge in [0.15, 0.2) is 6.29 Å². The zero-order valence-corrected chi connectivity index (χ0v) is 8.77. The van der Waals surface area contributed by atoms with E-state index in [1.54, 1.807) is 6.92 Å². The van der Waals surface area contributed by atoms with E-state index < -0.39 is 11.8 Å². The molecule has 4 heteroatoms. The smallest absolute Gasteiger partial charge is 0.330 e. The highest BCUT2D eigenvalue weighted by Gasteiger charge is 2.04. The summed E-state index contributed by atoms with van der Waals surface area (Å²) in [4.78, 5) is 21.4. The summed E-state index contributed by atoms with van der Waals surface area (Å²) in [6.07, 6.45) is 2.83. The molecule has 0 heterocycles. The Hall–Kier alpha value is -1.97. The van der Waals surface area contributed by atoms with E-state index in [0.29, 0.717) is 6.29 Å². The van der Waals surface area contributed by atoms with Gasteiger partial charge in [-0.25, -0.2) is 9.18 Å². The van der Waals surface area contributed by atoms with Crippen LogP contribution in [-0.2, 0) is 9.53 Å². The van der Waals surface area contributed by atoms with E-state index >= 15 is 0 Å². The van der Waals surface area contributed by atoms with Gasteiger partial charge in [-0.1, -0.05) is 12.1 Å². The van der Waals surface area contributed by atoms with Crippen LogP contribution in [0.4, 0.5) is 4.39 Å². The lowest BCUT2D eigenvalue weighted by Crippen LogP contribution is -1.99. The molecule has 0 spiro atoms. The standard InChI is InChI=1S/C12H11FO3/c1-2-16-11(15)7-6-9-4-3-5-10(8-14)12(9)13/h3-8H,2H2,1H3. The third-order valence-corrected chi connectivity index (χ3v) is 1.87. The Bertz CT molecular complexity index is 424. The largest absolute Gasteiger partial charge is 0.463 e. The van der Waals surface area contributed by atoms with Crippen LogP contribution in [0, 0.1) is 5.82 Å². The van der Waals surface area contributed by atoms with Crippen LogP contribution in [0.15, 0.2) is 24.3 Å². The van der Waals surface area contributed by atoms with Crippen molar-refractivity contribution in [2.45, 2.75) is 6.92 Å². The number of benzene rings is 1. The highest BCUT2D eigenvalue weighted by molar-refractivity contribution is 5.87. The molecular weight excluding hydrogens is 211 g/mol. The molecule has 0 saturated heterocycles. The zero-order chi connectivity index (χ0) is 12.0. The highest BCUT2D eigenvalue weighted by Crippen LogP contribution is 2.12. The van der Waals surface area contributed by atoms with Crippen LogP contribution >= 0.6 is 0 Å². The maximum Gasteiger partial charge on any atom is 0.330 e. The van der Waals surface area contributed by atoms with Gasteiger partial charge >= 0.3 is 5.97 Å². The summed E-state index contributed by atoms with van der Waals surface area (Å²) in [5, 5.41) is 0. The number of rotatable bonds is 4.